The molecule has 3 N–H and O–H groups in total. The Morgan fingerprint density at radius 1 is 0.435 bits per heavy atom. The highest BCUT2D eigenvalue weighted by atomic mass is 16.5. The third-order valence-electron chi connectivity index (χ3n) is 9.46. The second-order valence-electron chi connectivity index (χ2n) is 14.5. The monoisotopic (exact) mass is 936 g/mol. The minimum Gasteiger partial charge on any atom is -0.494 e. The summed E-state index contributed by atoms with van der Waals surface area (Å²) in [5.41, 5.74) is 2.72. The number of unbranched alkanes of at least 4 members (excludes halogenated alkanes) is 2. The van der Waals surface area contributed by atoms with E-state index < -0.39 is 29.8 Å². The molecule has 0 fully saturated rings. The minimum absolute atomic E-state index is 0.151. The van der Waals surface area contributed by atoms with Crippen molar-refractivity contribution in [2.45, 2.75) is 25.7 Å². The fourth-order valence-electron chi connectivity index (χ4n) is 5.91. The van der Waals surface area contributed by atoms with Gasteiger partial charge in [-0.15, -0.1) is 0 Å². The first-order chi connectivity index (χ1) is 33.6. The molecule has 0 saturated heterocycles. The smallest absolute Gasteiger partial charge is 0.343 e. The van der Waals surface area contributed by atoms with Crippen molar-refractivity contribution in [3.8, 4) is 23.0 Å². The summed E-state index contributed by atoms with van der Waals surface area (Å²) in [7, 11) is 1.30. The topological polar surface area (TPSA) is 225 Å². The van der Waals surface area contributed by atoms with Crippen LogP contribution in [0.1, 0.15) is 56.8 Å². The van der Waals surface area contributed by atoms with Crippen molar-refractivity contribution < 1.29 is 57.1 Å². The Bertz CT molecular complexity index is 2540. The van der Waals surface area contributed by atoms with Gasteiger partial charge >= 0.3 is 29.8 Å². The van der Waals surface area contributed by atoms with Crippen LogP contribution in [0.25, 0.3) is 0 Å². The molecule has 1 aromatic heterocycles. The van der Waals surface area contributed by atoms with E-state index in [1.54, 1.807) is 121 Å². The van der Waals surface area contributed by atoms with Crippen LogP contribution >= 0.6 is 0 Å². The van der Waals surface area contributed by atoms with Crippen molar-refractivity contribution >= 4 is 64.8 Å². The first-order valence-electron chi connectivity index (χ1n) is 21.5. The summed E-state index contributed by atoms with van der Waals surface area (Å²) in [5.74, 6) is -0.319. The second kappa shape index (κ2) is 25.6. The number of aromatic nitrogens is 3. The standard InChI is InChI=1S/C51H48N6O12/c1-4-44(58)66-32-8-6-30-64-40-22-12-35(13-23-40)47(61)68-42-26-18-38(19-27-42)53-50-55-49(52-37-16-10-34(11-17-37)46(60)63-3)56-51(57-50)54-39-20-28-43(29-21-39)69-48(62)36-14-24-41(25-15-36)65-31-7-9-33-67-45(59)5-2/h4-5,10-29H,1-2,6-9,30-33H2,3H3,(H3,52,53,54,55,56,57). The Labute approximate surface area is 397 Å². The lowest BCUT2D eigenvalue weighted by atomic mass is 10.2. The van der Waals surface area contributed by atoms with Crippen LogP contribution in [0.3, 0.4) is 0 Å². The molecule has 0 unspecified atom stereocenters. The van der Waals surface area contributed by atoms with Crippen LogP contribution in [-0.4, -0.2) is 78.3 Å². The fraction of sp³-hybridized carbons (Fsp3) is 0.176. The van der Waals surface area contributed by atoms with Crippen LogP contribution < -0.4 is 34.9 Å². The van der Waals surface area contributed by atoms with Crippen LogP contribution in [0, 0.1) is 0 Å². The summed E-state index contributed by atoms with van der Waals surface area (Å²) in [6.45, 7) is 8.10. The molecular formula is C51H48N6O12. The van der Waals surface area contributed by atoms with Gasteiger partial charge < -0.3 is 49.1 Å². The largest absolute Gasteiger partial charge is 0.494 e. The van der Waals surface area contributed by atoms with E-state index in [9.17, 15) is 24.0 Å². The van der Waals surface area contributed by atoms with E-state index in [4.69, 9.17) is 33.2 Å². The highest BCUT2D eigenvalue weighted by molar-refractivity contribution is 5.92. The van der Waals surface area contributed by atoms with Crippen LogP contribution in [0.4, 0.5) is 34.9 Å². The number of esters is 5. The van der Waals surface area contributed by atoms with Gasteiger partial charge in [0.2, 0.25) is 17.8 Å². The van der Waals surface area contributed by atoms with Crippen molar-refractivity contribution in [2.24, 2.45) is 0 Å². The first-order valence-corrected chi connectivity index (χ1v) is 21.5. The number of rotatable bonds is 25. The zero-order valence-corrected chi connectivity index (χ0v) is 37.5. The van der Waals surface area contributed by atoms with Crippen molar-refractivity contribution in [3.05, 3.63) is 163 Å². The number of ether oxygens (including phenoxy) is 7. The Morgan fingerprint density at radius 2 is 0.739 bits per heavy atom. The molecule has 0 radical (unpaired) electrons. The molecule has 0 amide bonds. The minimum atomic E-state index is -0.562. The number of methoxy groups -OCH3 is 1. The molecule has 6 rings (SSSR count). The van der Waals surface area contributed by atoms with Crippen molar-refractivity contribution in [1.29, 1.82) is 0 Å². The van der Waals surface area contributed by atoms with Crippen LogP contribution in [0.2, 0.25) is 0 Å². The quantitative estimate of drug-likeness (QED) is 0.0160. The van der Waals surface area contributed by atoms with Gasteiger partial charge in [-0.1, -0.05) is 13.2 Å². The van der Waals surface area contributed by atoms with Crippen LogP contribution in [0.5, 0.6) is 23.0 Å². The summed E-state index contributed by atoms with van der Waals surface area (Å²) < 4.78 is 37.3. The SMILES string of the molecule is C=CC(=O)OCCCCOc1ccc(C(=O)Oc2ccc(Nc3nc(Nc4ccc(OC(=O)c5ccc(OCCCCOC(=O)C=C)cc5)cc4)nc(Nc4ccc(C(=O)OC)cc4)n3)cc2)cc1. The molecule has 0 aliphatic carbocycles. The van der Waals surface area contributed by atoms with Crippen molar-refractivity contribution in [3.63, 3.8) is 0 Å². The van der Waals surface area contributed by atoms with Gasteiger partial charge in [-0.25, -0.2) is 24.0 Å². The summed E-state index contributed by atoms with van der Waals surface area (Å²) in [5, 5.41) is 9.42. The molecule has 18 heteroatoms. The first kappa shape index (κ1) is 49.4. The van der Waals surface area contributed by atoms with Gasteiger partial charge in [0, 0.05) is 29.2 Å². The Hall–Kier alpha value is -9.06. The molecule has 69 heavy (non-hydrogen) atoms. The molecule has 354 valence electrons. The van der Waals surface area contributed by atoms with Gasteiger partial charge in [0.1, 0.15) is 23.0 Å². The number of carbonyl (C=O) groups excluding carboxylic acids is 5. The van der Waals surface area contributed by atoms with Gasteiger partial charge in [0.05, 0.1) is 50.2 Å². The number of nitrogens with zero attached hydrogens (tertiary/aromatic N) is 3. The molecule has 0 aliphatic heterocycles. The van der Waals surface area contributed by atoms with E-state index >= 15 is 0 Å². The summed E-state index contributed by atoms with van der Waals surface area (Å²) in [6, 6.07) is 32.9. The summed E-state index contributed by atoms with van der Waals surface area (Å²) in [6.07, 6.45) is 4.86. The third kappa shape index (κ3) is 16.1. The van der Waals surface area contributed by atoms with E-state index in [-0.39, 0.29) is 31.1 Å². The highest BCUT2D eigenvalue weighted by Gasteiger charge is 2.14. The normalized spacial score (nSPS) is 10.4. The number of carbonyl (C=O) groups is 5. The highest BCUT2D eigenvalue weighted by Crippen LogP contribution is 2.25. The summed E-state index contributed by atoms with van der Waals surface area (Å²) >= 11 is 0. The predicted molar refractivity (Wildman–Crippen MR) is 255 cm³/mol. The van der Waals surface area contributed by atoms with Gasteiger partial charge in [-0.05, 0) is 147 Å². The van der Waals surface area contributed by atoms with Crippen molar-refractivity contribution in [2.75, 3.05) is 49.5 Å². The third-order valence-corrected chi connectivity index (χ3v) is 9.46. The van der Waals surface area contributed by atoms with E-state index in [0.717, 1.165) is 12.2 Å². The maximum absolute atomic E-state index is 12.9. The molecule has 0 atom stereocenters. The lowest BCUT2D eigenvalue weighted by Gasteiger charge is -2.12. The van der Waals surface area contributed by atoms with Gasteiger partial charge in [-0.2, -0.15) is 15.0 Å². The molecule has 6 aromatic rings. The van der Waals surface area contributed by atoms with Crippen LogP contribution in [-0.2, 0) is 23.8 Å². The molecule has 0 aliphatic rings. The second-order valence-corrected chi connectivity index (χ2v) is 14.5. The average Bonchev–Trinajstić information content (AvgIpc) is 3.37. The zero-order valence-electron chi connectivity index (χ0n) is 37.5. The number of hydrogen-bond donors (Lipinski definition) is 3. The summed E-state index contributed by atoms with van der Waals surface area (Å²) in [4.78, 5) is 73.7. The van der Waals surface area contributed by atoms with E-state index in [1.165, 1.54) is 7.11 Å². The van der Waals surface area contributed by atoms with Gasteiger partial charge in [0.15, 0.2) is 0 Å². The Balaban J connectivity index is 1.05. The molecule has 0 bridgehead atoms. The molecule has 0 saturated carbocycles. The van der Waals surface area contributed by atoms with Gasteiger partial charge in [0.25, 0.3) is 0 Å². The maximum Gasteiger partial charge on any atom is 0.343 e. The molecule has 1 heterocycles. The average molecular weight is 937 g/mol. The van der Waals surface area contributed by atoms with Crippen molar-refractivity contribution in [1.82, 2.24) is 15.0 Å². The maximum atomic E-state index is 12.9. The Kier molecular flexibility index (Phi) is 18.3. The number of anilines is 6. The van der Waals surface area contributed by atoms with Crippen LogP contribution in [0.15, 0.2) is 147 Å². The predicted octanol–water partition coefficient (Wildman–Crippen LogP) is 9.10. The number of benzene rings is 5. The fourth-order valence-corrected chi connectivity index (χ4v) is 5.91. The van der Waals surface area contributed by atoms with E-state index in [1.807, 2.05) is 0 Å². The van der Waals surface area contributed by atoms with E-state index in [0.29, 0.717) is 95.6 Å². The lowest BCUT2D eigenvalue weighted by Crippen LogP contribution is -2.09. The van der Waals surface area contributed by atoms with Gasteiger partial charge in [-0.3, -0.25) is 0 Å². The molecule has 0 spiro atoms. The molecule has 18 nitrogen and oxygen atoms in total. The van der Waals surface area contributed by atoms with E-state index in [2.05, 4.69) is 44.1 Å². The lowest BCUT2D eigenvalue weighted by molar-refractivity contribution is -0.138. The number of nitrogens with one attached hydrogen (secondary N) is 3. The molecular weight excluding hydrogens is 889 g/mol. The number of hydrogen-bond acceptors (Lipinski definition) is 18. The zero-order chi connectivity index (χ0) is 48.8. The molecule has 5 aromatic carbocycles. The Morgan fingerprint density at radius 3 is 1.09 bits per heavy atom.